The lowest BCUT2D eigenvalue weighted by molar-refractivity contribution is 0.490. The Morgan fingerprint density at radius 2 is 1.69 bits per heavy atom. The van der Waals surface area contributed by atoms with Gasteiger partial charge in [-0.3, -0.25) is 0 Å². The van der Waals surface area contributed by atoms with Gasteiger partial charge in [-0.2, -0.15) is 0 Å². The first-order chi connectivity index (χ1) is 7.62. The second kappa shape index (κ2) is 4.55. The fraction of sp³-hybridized carbons (Fsp3) is 0.500. The molecule has 1 aromatic rings. The van der Waals surface area contributed by atoms with Gasteiger partial charge in [-0.1, -0.05) is 31.0 Å². The van der Waals surface area contributed by atoms with Crippen molar-refractivity contribution in [1.29, 1.82) is 0 Å². The summed E-state index contributed by atoms with van der Waals surface area (Å²) in [5.41, 5.74) is 5.90. The third kappa shape index (κ3) is 2.13. The van der Waals surface area contributed by atoms with E-state index in [9.17, 15) is 8.42 Å². The van der Waals surface area contributed by atoms with E-state index in [1.165, 1.54) is 0 Å². The van der Waals surface area contributed by atoms with Crippen LogP contribution in [0.4, 0.5) is 0 Å². The third-order valence-electron chi connectivity index (χ3n) is 3.29. The normalized spacial score (nSPS) is 19.8. The van der Waals surface area contributed by atoms with E-state index < -0.39 is 15.2 Å². The number of sulfone groups is 1. The third-order valence-corrected chi connectivity index (χ3v) is 5.33. The number of benzene rings is 1. The summed E-state index contributed by atoms with van der Waals surface area (Å²) in [6.45, 7) is 0. The van der Waals surface area contributed by atoms with Gasteiger partial charge in [-0.15, -0.1) is 0 Å². The lowest BCUT2D eigenvalue weighted by Gasteiger charge is -2.19. The first-order valence-electron chi connectivity index (χ1n) is 5.67. The second-order valence-electron chi connectivity index (χ2n) is 4.37. The largest absolute Gasteiger partial charge is 0.315 e. The summed E-state index contributed by atoms with van der Waals surface area (Å²) in [5, 5.41) is -0.739. The molecule has 1 aliphatic rings. The minimum absolute atomic E-state index is 0.130. The van der Waals surface area contributed by atoms with Crippen molar-refractivity contribution in [3.05, 3.63) is 30.3 Å². The van der Waals surface area contributed by atoms with Crippen LogP contribution in [0.3, 0.4) is 0 Å². The molecule has 1 atom stereocenters. The van der Waals surface area contributed by atoms with Crippen molar-refractivity contribution in [3.63, 3.8) is 0 Å². The number of nitrogens with two attached hydrogens (primary N) is 1. The first-order valence-corrected chi connectivity index (χ1v) is 7.21. The molecule has 1 unspecified atom stereocenters. The van der Waals surface area contributed by atoms with Crippen molar-refractivity contribution >= 4 is 9.84 Å². The summed E-state index contributed by atoms with van der Waals surface area (Å²) in [6, 6.07) is 8.50. The fourth-order valence-electron chi connectivity index (χ4n) is 2.31. The molecule has 16 heavy (non-hydrogen) atoms. The monoisotopic (exact) mass is 239 g/mol. The standard InChI is InChI=1S/C12H17NO2S/c13-12(10-6-4-5-7-10)16(14,15)11-8-2-1-3-9-11/h1-3,8-10,12H,4-7,13H2. The summed E-state index contributed by atoms with van der Waals surface area (Å²) >= 11 is 0. The van der Waals surface area contributed by atoms with Crippen molar-refractivity contribution in [3.8, 4) is 0 Å². The Labute approximate surface area is 96.6 Å². The highest BCUT2D eigenvalue weighted by Crippen LogP contribution is 2.31. The molecule has 0 radical (unpaired) electrons. The minimum atomic E-state index is -3.34. The van der Waals surface area contributed by atoms with Gasteiger partial charge < -0.3 is 5.73 Å². The summed E-state index contributed by atoms with van der Waals surface area (Å²) < 4.78 is 24.4. The quantitative estimate of drug-likeness (QED) is 0.876. The van der Waals surface area contributed by atoms with Crippen LogP contribution in [0.1, 0.15) is 25.7 Å². The Hall–Kier alpha value is -0.870. The molecule has 1 aromatic carbocycles. The molecule has 0 saturated heterocycles. The maximum Gasteiger partial charge on any atom is 0.194 e. The molecule has 2 N–H and O–H groups in total. The molecule has 3 nitrogen and oxygen atoms in total. The molecule has 0 heterocycles. The smallest absolute Gasteiger partial charge is 0.194 e. The van der Waals surface area contributed by atoms with E-state index in [-0.39, 0.29) is 5.92 Å². The van der Waals surface area contributed by atoms with Crippen LogP contribution in [0, 0.1) is 5.92 Å². The first kappa shape index (κ1) is 11.6. The van der Waals surface area contributed by atoms with Gasteiger partial charge in [-0.25, -0.2) is 8.42 Å². The van der Waals surface area contributed by atoms with E-state index in [0.717, 1.165) is 25.7 Å². The van der Waals surface area contributed by atoms with Gasteiger partial charge in [0.25, 0.3) is 0 Å². The van der Waals surface area contributed by atoms with Gasteiger partial charge in [0, 0.05) is 0 Å². The molecule has 0 spiro atoms. The molecule has 2 rings (SSSR count). The maximum absolute atomic E-state index is 12.2. The highest BCUT2D eigenvalue weighted by atomic mass is 32.2. The lowest BCUT2D eigenvalue weighted by Crippen LogP contribution is -2.36. The summed E-state index contributed by atoms with van der Waals surface area (Å²) in [7, 11) is -3.34. The van der Waals surface area contributed by atoms with E-state index >= 15 is 0 Å². The molecule has 1 aliphatic carbocycles. The highest BCUT2D eigenvalue weighted by molar-refractivity contribution is 7.92. The van der Waals surface area contributed by atoms with Crippen molar-refractivity contribution in [2.24, 2.45) is 11.7 Å². The van der Waals surface area contributed by atoms with Crippen LogP contribution in [-0.2, 0) is 9.84 Å². The van der Waals surface area contributed by atoms with Crippen LogP contribution in [0.2, 0.25) is 0 Å². The van der Waals surface area contributed by atoms with E-state index in [0.29, 0.717) is 4.90 Å². The van der Waals surface area contributed by atoms with Crippen LogP contribution in [0.25, 0.3) is 0 Å². The Bertz CT molecular complexity index is 435. The van der Waals surface area contributed by atoms with Gasteiger partial charge in [0.2, 0.25) is 0 Å². The fourth-order valence-corrected chi connectivity index (χ4v) is 3.94. The molecule has 0 amide bonds. The molecule has 1 fully saturated rings. The molecule has 0 aliphatic heterocycles. The Kier molecular flexibility index (Phi) is 3.30. The average molecular weight is 239 g/mol. The van der Waals surface area contributed by atoms with E-state index in [4.69, 9.17) is 5.73 Å². The molecular weight excluding hydrogens is 222 g/mol. The van der Waals surface area contributed by atoms with Gasteiger partial charge in [0.15, 0.2) is 9.84 Å². The maximum atomic E-state index is 12.2. The average Bonchev–Trinajstić information content (AvgIpc) is 2.82. The zero-order valence-electron chi connectivity index (χ0n) is 9.17. The van der Waals surface area contributed by atoms with Gasteiger partial charge in [0.05, 0.1) is 4.90 Å². The van der Waals surface area contributed by atoms with E-state index in [1.54, 1.807) is 30.3 Å². The molecule has 0 aromatic heterocycles. The molecule has 0 bridgehead atoms. The minimum Gasteiger partial charge on any atom is -0.315 e. The zero-order valence-corrected chi connectivity index (χ0v) is 9.99. The highest BCUT2D eigenvalue weighted by Gasteiger charge is 2.32. The second-order valence-corrected chi connectivity index (χ2v) is 6.47. The molecule has 4 heteroatoms. The predicted molar refractivity (Wildman–Crippen MR) is 63.6 cm³/mol. The van der Waals surface area contributed by atoms with Crippen LogP contribution in [0.15, 0.2) is 35.2 Å². The Balaban J connectivity index is 2.25. The molecular formula is C12H17NO2S. The van der Waals surface area contributed by atoms with Crippen LogP contribution >= 0.6 is 0 Å². The number of hydrogen-bond donors (Lipinski definition) is 1. The van der Waals surface area contributed by atoms with Gasteiger partial charge >= 0.3 is 0 Å². The summed E-state index contributed by atoms with van der Waals surface area (Å²) in [5.74, 6) is 0.130. The van der Waals surface area contributed by atoms with Crippen LogP contribution < -0.4 is 5.73 Å². The number of rotatable bonds is 3. The van der Waals surface area contributed by atoms with Crippen molar-refractivity contribution in [2.75, 3.05) is 0 Å². The topological polar surface area (TPSA) is 60.2 Å². The van der Waals surface area contributed by atoms with Crippen LogP contribution in [-0.4, -0.2) is 13.8 Å². The summed E-state index contributed by atoms with van der Waals surface area (Å²) in [6.07, 6.45) is 4.08. The van der Waals surface area contributed by atoms with Crippen LogP contribution in [0.5, 0.6) is 0 Å². The van der Waals surface area contributed by atoms with Gasteiger partial charge in [-0.05, 0) is 30.9 Å². The van der Waals surface area contributed by atoms with Crippen molar-refractivity contribution in [2.45, 2.75) is 36.0 Å². The SMILES string of the molecule is NC(C1CCCC1)S(=O)(=O)c1ccccc1. The summed E-state index contributed by atoms with van der Waals surface area (Å²) in [4.78, 5) is 0.342. The number of hydrogen-bond acceptors (Lipinski definition) is 3. The Morgan fingerprint density at radius 3 is 2.25 bits per heavy atom. The van der Waals surface area contributed by atoms with Gasteiger partial charge in [0.1, 0.15) is 5.37 Å². The van der Waals surface area contributed by atoms with E-state index in [1.807, 2.05) is 0 Å². The zero-order chi connectivity index (χ0) is 11.6. The van der Waals surface area contributed by atoms with Crippen molar-refractivity contribution in [1.82, 2.24) is 0 Å². The lowest BCUT2D eigenvalue weighted by atomic mass is 10.1. The molecule has 1 saturated carbocycles. The van der Waals surface area contributed by atoms with Crippen molar-refractivity contribution < 1.29 is 8.42 Å². The predicted octanol–water partition coefficient (Wildman–Crippen LogP) is 1.94. The van der Waals surface area contributed by atoms with E-state index in [2.05, 4.69) is 0 Å². The Morgan fingerprint density at radius 1 is 1.12 bits per heavy atom. The molecule has 88 valence electrons.